The van der Waals surface area contributed by atoms with E-state index in [1.807, 2.05) is 0 Å². The molecule has 0 saturated heterocycles. The molecule has 0 aliphatic heterocycles. The Morgan fingerprint density at radius 2 is 0.662 bits per heavy atom. The van der Waals surface area contributed by atoms with Crippen LogP contribution in [0.3, 0.4) is 0 Å². The van der Waals surface area contributed by atoms with Gasteiger partial charge in [-0.05, 0) is 168 Å². The number of anilines is 3. The van der Waals surface area contributed by atoms with Gasteiger partial charge in [0.2, 0.25) is 0 Å². The summed E-state index contributed by atoms with van der Waals surface area (Å²) in [6, 6.07) is 103. The van der Waals surface area contributed by atoms with Crippen LogP contribution in [-0.2, 0) is 5.41 Å². The molecule has 0 N–H and O–H groups in total. The van der Waals surface area contributed by atoms with Crippen molar-refractivity contribution in [1.29, 1.82) is 0 Å². The second kappa shape index (κ2) is 15.7. The molecule has 0 amide bonds. The highest BCUT2D eigenvalue weighted by molar-refractivity contribution is 6.26. The lowest BCUT2D eigenvalue weighted by atomic mass is 9.70. The summed E-state index contributed by atoms with van der Waals surface area (Å²) in [7, 11) is 0. The molecule has 0 radical (unpaired) electrons. The molecular weight excluding hydrogens is 891 g/mol. The average Bonchev–Trinajstić information content (AvgIpc) is 3.97. The highest BCUT2D eigenvalue weighted by Crippen LogP contribution is 2.64. The van der Waals surface area contributed by atoms with E-state index < -0.39 is 5.41 Å². The second-order valence-electron chi connectivity index (χ2n) is 20.3. The Kier molecular flexibility index (Phi) is 8.73. The van der Waals surface area contributed by atoms with Crippen LogP contribution in [0, 0.1) is 0 Å². The Morgan fingerprint density at radius 1 is 0.216 bits per heavy atom. The van der Waals surface area contributed by atoms with Gasteiger partial charge >= 0.3 is 0 Å². The quantitative estimate of drug-likeness (QED) is 0.155. The zero-order valence-electron chi connectivity index (χ0n) is 40.4. The van der Waals surface area contributed by atoms with Gasteiger partial charge in [-0.25, -0.2) is 0 Å². The topological polar surface area (TPSA) is 3.24 Å². The molecule has 0 fully saturated rings. The molecule has 0 aromatic heterocycles. The third kappa shape index (κ3) is 5.81. The van der Waals surface area contributed by atoms with Crippen molar-refractivity contribution in [2.24, 2.45) is 0 Å². The molecule has 1 heteroatoms. The summed E-state index contributed by atoms with van der Waals surface area (Å²) in [5.41, 5.74) is 18.0. The number of rotatable bonds is 5. The van der Waals surface area contributed by atoms with Gasteiger partial charge in [0.25, 0.3) is 0 Å². The Balaban J connectivity index is 1.01. The maximum Gasteiger partial charge on any atom is 0.0726 e. The molecule has 16 rings (SSSR count). The maximum absolute atomic E-state index is 2.58. The van der Waals surface area contributed by atoms with Crippen molar-refractivity contribution in [3.8, 4) is 44.5 Å². The molecule has 2 aliphatic rings. The molecule has 0 saturated carbocycles. The molecule has 0 atom stereocenters. The first-order chi connectivity index (χ1) is 36.7. The van der Waals surface area contributed by atoms with Crippen LogP contribution in [0.1, 0.15) is 22.3 Å². The molecule has 14 aromatic rings. The summed E-state index contributed by atoms with van der Waals surface area (Å²) < 4.78 is 0. The number of hydrogen-bond acceptors (Lipinski definition) is 1. The molecule has 74 heavy (non-hydrogen) atoms. The van der Waals surface area contributed by atoms with Gasteiger partial charge in [-0.2, -0.15) is 0 Å². The minimum Gasteiger partial charge on any atom is -0.310 e. The largest absolute Gasteiger partial charge is 0.310 e. The lowest BCUT2D eigenvalue weighted by Crippen LogP contribution is -2.26. The van der Waals surface area contributed by atoms with Crippen LogP contribution >= 0.6 is 0 Å². The minimum atomic E-state index is -0.529. The Hall–Kier alpha value is -9.56. The lowest BCUT2D eigenvalue weighted by Gasteiger charge is -2.33. The average molecular weight is 936 g/mol. The first kappa shape index (κ1) is 41.1. The third-order valence-corrected chi connectivity index (χ3v) is 16.6. The van der Waals surface area contributed by atoms with Crippen LogP contribution < -0.4 is 4.90 Å². The van der Waals surface area contributed by atoms with E-state index in [0.717, 1.165) is 22.6 Å². The van der Waals surface area contributed by atoms with Crippen molar-refractivity contribution in [1.82, 2.24) is 0 Å². The fourth-order valence-corrected chi connectivity index (χ4v) is 13.4. The first-order valence-corrected chi connectivity index (χ1v) is 25.8. The zero-order chi connectivity index (χ0) is 48.5. The molecule has 0 heterocycles. The number of fused-ring (bicyclic) bond motifs is 20. The molecule has 0 unspecified atom stereocenters. The first-order valence-electron chi connectivity index (χ1n) is 25.8. The van der Waals surface area contributed by atoms with Gasteiger partial charge < -0.3 is 4.90 Å². The van der Waals surface area contributed by atoms with Crippen LogP contribution in [-0.4, -0.2) is 0 Å². The standard InChI is InChI=1S/C73H45N/c1-2-17-50-41-51(35-31-46(50)15-1)47-29-32-49(33-30-47)65-44-67-64-25-11-14-28-70(64)73(68-26-12-9-23-62(68)63-24-10-13-27-69(63)73)71(67)45-72(65)74(53-37-39-56-52(42-53)36-34-48-16-3-4-18-55(48)56)54-38-40-61-59-21-6-5-19-57(59)58-20-7-8-22-60(58)66(61)43-54/h1-45H. The second-order valence-corrected chi connectivity index (χ2v) is 20.3. The van der Waals surface area contributed by atoms with Gasteiger partial charge in [-0.15, -0.1) is 0 Å². The SMILES string of the molecule is c1ccc2c(c1)-c1ccccc1C21c2ccccc2-c2cc(-c3ccc(-c4ccc5ccccc5c4)cc3)c(N(c3ccc4c(ccc5ccccc54)c3)c3ccc4c5ccccc5c5ccccc5c4c3)cc21. The van der Waals surface area contributed by atoms with E-state index in [0.29, 0.717) is 0 Å². The molecule has 1 nitrogen and oxygen atoms in total. The molecular formula is C73H45N. The zero-order valence-corrected chi connectivity index (χ0v) is 40.4. The highest BCUT2D eigenvalue weighted by Gasteiger charge is 2.52. The maximum atomic E-state index is 2.58. The van der Waals surface area contributed by atoms with E-state index in [1.54, 1.807) is 0 Å². The van der Waals surface area contributed by atoms with Crippen molar-refractivity contribution in [3.63, 3.8) is 0 Å². The summed E-state index contributed by atoms with van der Waals surface area (Å²) in [6.07, 6.45) is 0. The Labute approximate surface area is 429 Å². The summed E-state index contributed by atoms with van der Waals surface area (Å²) in [5.74, 6) is 0. The summed E-state index contributed by atoms with van der Waals surface area (Å²) in [6.45, 7) is 0. The van der Waals surface area contributed by atoms with E-state index >= 15 is 0 Å². The van der Waals surface area contributed by atoms with Crippen molar-refractivity contribution >= 4 is 81.7 Å². The van der Waals surface area contributed by atoms with Gasteiger partial charge in [0, 0.05) is 16.9 Å². The number of nitrogens with zero attached hydrogens (tertiary/aromatic N) is 1. The van der Waals surface area contributed by atoms with Crippen LogP contribution in [0.15, 0.2) is 273 Å². The van der Waals surface area contributed by atoms with Gasteiger partial charge in [-0.3, -0.25) is 0 Å². The lowest BCUT2D eigenvalue weighted by molar-refractivity contribution is 0.794. The van der Waals surface area contributed by atoms with E-state index in [-0.39, 0.29) is 0 Å². The van der Waals surface area contributed by atoms with E-state index in [1.165, 1.54) is 126 Å². The fourth-order valence-electron chi connectivity index (χ4n) is 13.4. The van der Waals surface area contributed by atoms with Crippen LogP contribution in [0.5, 0.6) is 0 Å². The van der Waals surface area contributed by atoms with Crippen molar-refractivity contribution in [2.45, 2.75) is 5.41 Å². The summed E-state index contributed by atoms with van der Waals surface area (Å²) in [4.78, 5) is 2.56. The third-order valence-electron chi connectivity index (χ3n) is 16.6. The van der Waals surface area contributed by atoms with Crippen LogP contribution in [0.4, 0.5) is 17.1 Å². The van der Waals surface area contributed by atoms with Gasteiger partial charge in [0.1, 0.15) is 0 Å². The monoisotopic (exact) mass is 935 g/mol. The van der Waals surface area contributed by atoms with E-state index in [2.05, 4.69) is 278 Å². The van der Waals surface area contributed by atoms with Gasteiger partial charge in [0.05, 0.1) is 11.1 Å². The minimum absolute atomic E-state index is 0.529. The number of benzene rings is 14. The number of hydrogen-bond donors (Lipinski definition) is 0. The highest BCUT2D eigenvalue weighted by atomic mass is 15.1. The smallest absolute Gasteiger partial charge is 0.0726 e. The van der Waals surface area contributed by atoms with Gasteiger partial charge in [-0.1, -0.05) is 231 Å². The Bertz CT molecular complexity index is 4590. The molecule has 342 valence electrons. The van der Waals surface area contributed by atoms with Gasteiger partial charge in [0.15, 0.2) is 0 Å². The van der Waals surface area contributed by atoms with Crippen molar-refractivity contribution in [2.75, 3.05) is 4.90 Å². The Morgan fingerprint density at radius 3 is 1.32 bits per heavy atom. The fraction of sp³-hybridized carbons (Fsp3) is 0.0137. The van der Waals surface area contributed by atoms with Crippen molar-refractivity contribution in [3.05, 3.63) is 295 Å². The predicted octanol–water partition coefficient (Wildman–Crippen LogP) is 19.8. The predicted molar refractivity (Wildman–Crippen MR) is 313 cm³/mol. The molecule has 14 aromatic carbocycles. The summed E-state index contributed by atoms with van der Waals surface area (Å²) in [5, 5.41) is 15.0. The van der Waals surface area contributed by atoms with Crippen molar-refractivity contribution < 1.29 is 0 Å². The van der Waals surface area contributed by atoms with E-state index in [9.17, 15) is 0 Å². The van der Waals surface area contributed by atoms with Crippen LogP contribution in [0.25, 0.3) is 109 Å². The molecule has 2 aliphatic carbocycles. The summed E-state index contributed by atoms with van der Waals surface area (Å²) >= 11 is 0. The van der Waals surface area contributed by atoms with E-state index in [4.69, 9.17) is 0 Å². The molecule has 1 spiro atoms. The molecule has 0 bridgehead atoms. The normalized spacial score (nSPS) is 13.0. The van der Waals surface area contributed by atoms with Crippen LogP contribution in [0.2, 0.25) is 0 Å².